The predicted molar refractivity (Wildman–Crippen MR) is 45.8 cm³/mol. The maximum absolute atomic E-state index is 4.05. The highest BCUT2D eigenvalue weighted by molar-refractivity contribution is 14.1. The van der Waals surface area contributed by atoms with Gasteiger partial charge in [-0.05, 0) is 12.5 Å². The molecule has 50 valence electrons. The van der Waals surface area contributed by atoms with Crippen LogP contribution in [0, 0.1) is 0 Å². The van der Waals surface area contributed by atoms with Gasteiger partial charge in [0, 0.05) is 23.4 Å². The first kappa shape index (κ1) is 7.05. The van der Waals surface area contributed by atoms with Crippen LogP contribution in [0.3, 0.4) is 0 Å². The van der Waals surface area contributed by atoms with Crippen molar-refractivity contribution < 1.29 is 0 Å². The molecule has 0 saturated carbocycles. The van der Waals surface area contributed by atoms with Gasteiger partial charge in [0.2, 0.25) is 0 Å². The SMILES string of the molecule is Cn1nccc1CCI. The molecule has 1 aromatic heterocycles. The molecule has 2 nitrogen and oxygen atoms in total. The van der Waals surface area contributed by atoms with Crippen molar-refractivity contribution in [3.05, 3.63) is 18.0 Å². The average Bonchev–Trinajstić information content (AvgIpc) is 2.18. The van der Waals surface area contributed by atoms with E-state index in [1.807, 2.05) is 17.9 Å². The number of aromatic nitrogens is 2. The van der Waals surface area contributed by atoms with Crippen molar-refractivity contribution in [1.82, 2.24) is 9.78 Å². The fraction of sp³-hybridized carbons (Fsp3) is 0.500. The summed E-state index contributed by atoms with van der Waals surface area (Å²) in [7, 11) is 1.97. The molecular weight excluding hydrogens is 227 g/mol. The Morgan fingerprint density at radius 1 is 1.78 bits per heavy atom. The highest BCUT2D eigenvalue weighted by atomic mass is 127. The van der Waals surface area contributed by atoms with Gasteiger partial charge < -0.3 is 0 Å². The summed E-state index contributed by atoms with van der Waals surface area (Å²) < 4.78 is 3.08. The summed E-state index contributed by atoms with van der Waals surface area (Å²) in [5.74, 6) is 0. The van der Waals surface area contributed by atoms with Gasteiger partial charge >= 0.3 is 0 Å². The van der Waals surface area contributed by atoms with E-state index in [9.17, 15) is 0 Å². The zero-order valence-electron chi connectivity index (χ0n) is 5.34. The van der Waals surface area contributed by atoms with Gasteiger partial charge in [-0.1, -0.05) is 22.6 Å². The topological polar surface area (TPSA) is 17.8 Å². The normalized spacial score (nSPS) is 10.0. The van der Waals surface area contributed by atoms with Crippen LogP contribution in [0.2, 0.25) is 0 Å². The first-order valence-corrected chi connectivity index (χ1v) is 4.40. The van der Waals surface area contributed by atoms with Crippen molar-refractivity contribution in [2.45, 2.75) is 6.42 Å². The molecule has 1 heterocycles. The molecule has 0 bridgehead atoms. The van der Waals surface area contributed by atoms with Crippen LogP contribution in [-0.2, 0) is 13.5 Å². The average molecular weight is 236 g/mol. The number of hydrogen-bond acceptors (Lipinski definition) is 1. The number of nitrogens with zero attached hydrogens (tertiary/aromatic N) is 2. The molecule has 1 rings (SSSR count). The third kappa shape index (κ3) is 1.67. The van der Waals surface area contributed by atoms with E-state index >= 15 is 0 Å². The lowest BCUT2D eigenvalue weighted by molar-refractivity contribution is 0.721. The molecule has 0 amide bonds. The van der Waals surface area contributed by atoms with Gasteiger partial charge in [0.25, 0.3) is 0 Å². The van der Waals surface area contributed by atoms with E-state index in [1.165, 1.54) is 5.69 Å². The van der Waals surface area contributed by atoms with Crippen LogP contribution in [0.25, 0.3) is 0 Å². The van der Waals surface area contributed by atoms with E-state index in [0.717, 1.165) is 10.8 Å². The Morgan fingerprint density at radius 3 is 3.00 bits per heavy atom. The first-order valence-electron chi connectivity index (χ1n) is 2.87. The number of aryl methyl sites for hydroxylation is 2. The van der Waals surface area contributed by atoms with E-state index in [0.29, 0.717) is 0 Å². The Bertz CT molecular complexity index is 183. The van der Waals surface area contributed by atoms with E-state index in [-0.39, 0.29) is 0 Å². The summed E-state index contributed by atoms with van der Waals surface area (Å²) in [6.45, 7) is 0. The number of hydrogen-bond donors (Lipinski definition) is 0. The quantitative estimate of drug-likeness (QED) is 0.560. The van der Waals surface area contributed by atoms with Gasteiger partial charge in [0.1, 0.15) is 0 Å². The third-order valence-electron chi connectivity index (χ3n) is 1.27. The number of halogens is 1. The Hall–Kier alpha value is -0.0600. The Kier molecular flexibility index (Phi) is 2.50. The van der Waals surface area contributed by atoms with Crippen LogP contribution >= 0.6 is 22.6 Å². The van der Waals surface area contributed by atoms with Gasteiger partial charge in [-0.25, -0.2) is 0 Å². The van der Waals surface area contributed by atoms with Crippen molar-refractivity contribution in [3.63, 3.8) is 0 Å². The van der Waals surface area contributed by atoms with Crippen LogP contribution in [-0.4, -0.2) is 14.2 Å². The fourth-order valence-electron chi connectivity index (χ4n) is 0.743. The molecule has 0 aliphatic rings. The molecule has 0 atom stereocenters. The lowest BCUT2D eigenvalue weighted by Gasteiger charge is -1.95. The van der Waals surface area contributed by atoms with E-state index in [2.05, 4.69) is 33.8 Å². The minimum Gasteiger partial charge on any atom is -0.273 e. The zero-order valence-corrected chi connectivity index (χ0v) is 7.50. The van der Waals surface area contributed by atoms with Gasteiger partial charge in [-0.2, -0.15) is 5.10 Å². The molecule has 1 aromatic rings. The molecule has 0 aliphatic carbocycles. The lowest BCUT2D eigenvalue weighted by atomic mass is 10.3. The minimum atomic E-state index is 1.12. The molecule has 9 heavy (non-hydrogen) atoms. The molecule has 0 radical (unpaired) electrons. The summed E-state index contributed by atoms with van der Waals surface area (Å²) in [6.07, 6.45) is 2.96. The highest BCUT2D eigenvalue weighted by Gasteiger charge is 1.93. The molecule has 0 aliphatic heterocycles. The standard InChI is InChI=1S/C6H9IN2/c1-9-6(2-4-7)3-5-8-9/h3,5H,2,4H2,1H3. The van der Waals surface area contributed by atoms with Gasteiger partial charge in [0.05, 0.1) is 0 Å². The van der Waals surface area contributed by atoms with Gasteiger partial charge in [-0.15, -0.1) is 0 Å². The van der Waals surface area contributed by atoms with Crippen molar-refractivity contribution in [2.24, 2.45) is 7.05 Å². The Labute approximate surface area is 68.4 Å². The maximum Gasteiger partial charge on any atom is 0.0492 e. The van der Waals surface area contributed by atoms with Crippen LogP contribution < -0.4 is 0 Å². The van der Waals surface area contributed by atoms with Crippen molar-refractivity contribution in [1.29, 1.82) is 0 Å². The molecule has 0 unspecified atom stereocenters. The molecular formula is C6H9IN2. The van der Waals surface area contributed by atoms with E-state index in [4.69, 9.17) is 0 Å². The highest BCUT2D eigenvalue weighted by Crippen LogP contribution is 1.98. The molecule has 0 saturated heterocycles. The van der Waals surface area contributed by atoms with E-state index in [1.54, 1.807) is 0 Å². The molecule has 0 N–H and O–H groups in total. The summed E-state index contributed by atoms with van der Waals surface area (Å²) >= 11 is 2.36. The smallest absolute Gasteiger partial charge is 0.0492 e. The first-order chi connectivity index (χ1) is 4.34. The third-order valence-corrected chi connectivity index (χ3v) is 1.81. The van der Waals surface area contributed by atoms with Crippen LogP contribution in [0.4, 0.5) is 0 Å². The summed E-state index contributed by atoms with van der Waals surface area (Å²) in [6, 6.07) is 2.05. The van der Waals surface area contributed by atoms with Gasteiger partial charge in [0.15, 0.2) is 0 Å². The van der Waals surface area contributed by atoms with Crippen molar-refractivity contribution in [2.75, 3.05) is 4.43 Å². The zero-order chi connectivity index (χ0) is 6.69. The monoisotopic (exact) mass is 236 g/mol. The molecule has 0 fully saturated rings. The minimum absolute atomic E-state index is 1.12. The summed E-state index contributed by atoms with van der Waals surface area (Å²) in [5.41, 5.74) is 1.31. The van der Waals surface area contributed by atoms with Crippen LogP contribution in [0.5, 0.6) is 0 Å². The van der Waals surface area contributed by atoms with Crippen LogP contribution in [0.15, 0.2) is 12.3 Å². The van der Waals surface area contributed by atoms with Gasteiger partial charge in [-0.3, -0.25) is 4.68 Å². The second-order valence-corrected chi connectivity index (χ2v) is 2.96. The molecule has 0 spiro atoms. The van der Waals surface area contributed by atoms with Crippen molar-refractivity contribution >= 4 is 22.6 Å². The Morgan fingerprint density at radius 2 is 2.56 bits per heavy atom. The molecule has 3 heteroatoms. The molecule has 0 aromatic carbocycles. The summed E-state index contributed by atoms with van der Waals surface area (Å²) in [4.78, 5) is 0. The van der Waals surface area contributed by atoms with Crippen LogP contribution in [0.1, 0.15) is 5.69 Å². The predicted octanol–water partition coefficient (Wildman–Crippen LogP) is 1.40. The summed E-state index contributed by atoms with van der Waals surface area (Å²) in [5, 5.41) is 4.05. The second kappa shape index (κ2) is 3.20. The van der Waals surface area contributed by atoms with E-state index < -0.39 is 0 Å². The maximum atomic E-state index is 4.05. The van der Waals surface area contributed by atoms with Crippen molar-refractivity contribution in [3.8, 4) is 0 Å². The fourth-order valence-corrected chi connectivity index (χ4v) is 1.30. The number of alkyl halides is 1. The lowest BCUT2D eigenvalue weighted by Crippen LogP contribution is -1.97. The Balaban J connectivity index is 2.69. The largest absolute Gasteiger partial charge is 0.273 e. The second-order valence-electron chi connectivity index (χ2n) is 1.89. The number of rotatable bonds is 2.